The van der Waals surface area contributed by atoms with Gasteiger partial charge >= 0.3 is 0 Å². The van der Waals surface area contributed by atoms with Crippen LogP contribution in [0.25, 0.3) is 0 Å². The SMILES string of the molecule is CC1(C(=O)Nc2ccc3c(c2)CCC(=O)N3)CCNC1.Cl. The molecule has 0 saturated carbocycles. The molecule has 21 heavy (non-hydrogen) atoms. The van der Waals surface area contributed by atoms with E-state index >= 15 is 0 Å². The lowest BCUT2D eigenvalue weighted by Gasteiger charge is -2.23. The summed E-state index contributed by atoms with van der Waals surface area (Å²) in [5.41, 5.74) is 2.41. The van der Waals surface area contributed by atoms with E-state index in [2.05, 4.69) is 16.0 Å². The zero-order valence-electron chi connectivity index (χ0n) is 12.0. The van der Waals surface area contributed by atoms with Crippen LogP contribution in [0.4, 0.5) is 11.4 Å². The van der Waals surface area contributed by atoms with Crippen LogP contribution in [-0.4, -0.2) is 24.9 Å². The number of hydrogen-bond acceptors (Lipinski definition) is 3. The Morgan fingerprint density at radius 2 is 2.14 bits per heavy atom. The van der Waals surface area contributed by atoms with E-state index in [1.807, 2.05) is 25.1 Å². The third kappa shape index (κ3) is 3.19. The molecule has 3 rings (SSSR count). The highest BCUT2D eigenvalue weighted by atomic mass is 35.5. The van der Waals surface area contributed by atoms with Gasteiger partial charge in [0.05, 0.1) is 5.41 Å². The molecule has 1 atom stereocenters. The van der Waals surface area contributed by atoms with Crippen LogP contribution in [0.1, 0.15) is 25.3 Å². The zero-order chi connectivity index (χ0) is 14.2. The number of carbonyl (C=O) groups is 2. The van der Waals surface area contributed by atoms with Gasteiger partial charge in [0.25, 0.3) is 0 Å². The van der Waals surface area contributed by atoms with Crippen molar-refractivity contribution in [1.82, 2.24) is 5.32 Å². The van der Waals surface area contributed by atoms with E-state index in [-0.39, 0.29) is 29.6 Å². The summed E-state index contributed by atoms with van der Waals surface area (Å²) in [6, 6.07) is 5.66. The van der Waals surface area contributed by atoms with Crippen LogP contribution in [0.3, 0.4) is 0 Å². The Morgan fingerprint density at radius 3 is 2.86 bits per heavy atom. The zero-order valence-corrected chi connectivity index (χ0v) is 12.8. The predicted molar refractivity (Wildman–Crippen MR) is 84.9 cm³/mol. The van der Waals surface area contributed by atoms with Crippen molar-refractivity contribution in [2.75, 3.05) is 23.7 Å². The average Bonchev–Trinajstić information content (AvgIpc) is 2.87. The highest BCUT2D eigenvalue weighted by Gasteiger charge is 2.36. The number of rotatable bonds is 2. The lowest BCUT2D eigenvalue weighted by molar-refractivity contribution is -0.123. The van der Waals surface area contributed by atoms with Crippen molar-refractivity contribution >= 4 is 35.6 Å². The summed E-state index contributed by atoms with van der Waals surface area (Å²) in [6.07, 6.45) is 2.09. The highest BCUT2D eigenvalue weighted by molar-refractivity contribution is 5.97. The number of amides is 2. The fourth-order valence-corrected chi connectivity index (χ4v) is 2.75. The Labute approximate surface area is 130 Å². The minimum atomic E-state index is -0.329. The molecule has 1 saturated heterocycles. The standard InChI is InChI=1S/C15H19N3O2.ClH/c1-15(6-7-16-9-15)14(20)17-11-3-4-12-10(8-11)2-5-13(19)18-12;/h3-4,8,16H,2,5-7,9H2,1H3,(H,17,20)(H,18,19);1H. The molecule has 1 aromatic rings. The van der Waals surface area contributed by atoms with Gasteiger partial charge in [0, 0.05) is 24.3 Å². The van der Waals surface area contributed by atoms with E-state index in [9.17, 15) is 9.59 Å². The molecule has 0 aromatic heterocycles. The van der Waals surface area contributed by atoms with Gasteiger partial charge in [-0.05, 0) is 50.1 Å². The Hall–Kier alpha value is -1.59. The van der Waals surface area contributed by atoms with Crippen molar-refractivity contribution < 1.29 is 9.59 Å². The Balaban J connectivity index is 0.00000161. The Morgan fingerprint density at radius 1 is 1.33 bits per heavy atom. The van der Waals surface area contributed by atoms with Gasteiger partial charge in [0.1, 0.15) is 0 Å². The maximum Gasteiger partial charge on any atom is 0.231 e. The number of benzene rings is 1. The molecule has 0 radical (unpaired) electrons. The van der Waals surface area contributed by atoms with Crippen molar-refractivity contribution in [1.29, 1.82) is 0 Å². The van der Waals surface area contributed by atoms with Gasteiger partial charge in [-0.2, -0.15) is 0 Å². The number of fused-ring (bicyclic) bond motifs is 1. The van der Waals surface area contributed by atoms with Crippen molar-refractivity contribution in [2.45, 2.75) is 26.2 Å². The lowest BCUT2D eigenvalue weighted by Crippen LogP contribution is -2.35. The van der Waals surface area contributed by atoms with Crippen LogP contribution < -0.4 is 16.0 Å². The smallest absolute Gasteiger partial charge is 0.231 e. The highest BCUT2D eigenvalue weighted by Crippen LogP contribution is 2.29. The summed E-state index contributed by atoms with van der Waals surface area (Å²) < 4.78 is 0. The van der Waals surface area contributed by atoms with Crippen LogP contribution >= 0.6 is 12.4 Å². The van der Waals surface area contributed by atoms with Crippen molar-refractivity contribution in [3.63, 3.8) is 0 Å². The number of halogens is 1. The minimum Gasteiger partial charge on any atom is -0.326 e. The summed E-state index contributed by atoms with van der Waals surface area (Å²) in [4.78, 5) is 23.7. The number of carbonyl (C=O) groups excluding carboxylic acids is 2. The molecule has 114 valence electrons. The predicted octanol–water partition coefficient (Wildman–Crippen LogP) is 1.93. The first-order chi connectivity index (χ1) is 9.57. The maximum absolute atomic E-state index is 12.3. The van der Waals surface area contributed by atoms with E-state index in [1.165, 1.54) is 0 Å². The fourth-order valence-electron chi connectivity index (χ4n) is 2.75. The monoisotopic (exact) mass is 309 g/mol. The molecular weight excluding hydrogens is 290 g/mol. The third-order valence-corrected chi connectivity index (χ3v) is 4.18. The van der Waals surface area contributed by atoms with Gasteiger partial charge in [-0.1, -0.05) is 0 Å². The second kappa shape index (κ2) is 6.03. The molecule has 0 bridgehead atoms. The molecule has 6 heteroatoms. The second-order valence-corrected chi connectivity index (χ2v) is 5.86. The molecule has 0 spiro atoms. The fraction of sp³-hybridized carbons (Fsp3) is 0.467. The van der Waals surface area contributed by atoms with Crippen LogP contribution in [0, 0.1) is 5.41 Å². The lowest BCUT2D eigenvalue weighted by atomic mass is 9.88. The second-order valence-electron chi connectivity index (χ2n) is 5.86. The van der Waals surface area contributed by atoms with Crippen LogP contribution in [-0.2, 0) is 16.0 Å². The van der Waals surface area contributed by atoms with Crippen molar-refractivity contribution in [2.24, 2.45) is 5.41 Å². The van der Waals surface area contributed by atoms with E-state index in [0.717, 1.165) is 42.9 Å². The topological polar surface area (TPSA) is 70.2 Å². The van der Waals surface area contributed by atoms with Crippen LogP contribution in [0.2, 0.25) is 0 Å². The molecule has 2 aliphatic heterocycles. The summed E-state index contributed by atoms with van der Waals surface area (Å²) in [5, 5.41) is 9.06. The van der Waals surface area contributed by atoms with Crippen LogP contribution in [0.5, 0.6) is 0 Å². The molecule has 1 unspecified atom stereocenters. The first-order valence-corrected chi connectivity index (χ1v) is 7.02. The van der Waals surface area contributed by atoms with E-state index in [4.69, 9.17) is 0 Å². The first-order valence-electron chi connectivity index (χ1n) is 7.02. The largest absolute Gasteiger partial charge is 0.326 e. The van der Waals surface area contributed by atoms with Crippen LogP contribution in [0.15, 0.2) is 18.2 Å². The number of aryl methyl sites for hydroxylation is 1. The summed E-state index contributed by atoms with van der Waals surface area (Å²) >= 11 is 0. The van der Waals surface area contributed by atoms with Gasteiger partial charge in [-0.25, -0.2) is 0 Å². The van der Waals surface area contributed by atoms with Gasteiger partial charge in [-0.15, -0.1) is 12.4 Å². The van der Waals surface area contributed by atoms with Crippen molar-refractivity contribution in [3.05, 3.63) is 23.8 Å². The van der Waals surface area contributed by atoms with Gasteiger partial charge in [-0.3, -0.25) is 9.59 Å². The minimum absolute atomic E-state index is 0. The van der Waals surface area contributed by atoms with Gasteiger partial charge in [0.15, 0.2) is 0 Å². The normalized spacial score (nSPS) is 23.8. The number of anilines is 2. The number of nitrogens with one attached hydrogen (secondary N) is 3. The summed E-state index contributed by atoms with van der Waals surface area (Å²) in [5.74, 6) is 0.112. The van der Waals surface area contributed by atoms with E-state index < -0.39 is 0 Å². The van der Waals surface area contributed by atoms with Gasteiger partial charge < -0.3 is 16.0 Å². The molecule has 2 heterocycles. The summed E-state index contributed by atoms with van der Waals surface area (Å²) in [7, 11) is 0. The number of hydrogen-bond donors (Lipinski definition) is 3. The summed E-state index contributed by atoms with van der Waals surface area (Å²) in [6.45, 7) is 3.60. The molecule has 1 aromatic carbocycles. The molecule has 2 amide bonds. The first kappa shape index (κ1) is 15.8. The molecule has 1 fully saturated rings. The molecule has 5 nitrogen and oxygen atoms in total. The molecule has 3 N–H and O–H groups in total. The third-order valence-electron chi connectivity index (χ3n) is 4.18. The van der Waals surface area contributed by atoms with Gasteiger partial charge in [0.2, 0.25) is 11.8 Å². The molecular formula is C15H20ClN3O2. The van der Waals surface area contributed by atoms with E-state index in [1.54, 1.807) is 0 Å². The quantitative estimate of drug-likeness (QED) is 0.782. The van der Waals surface area contributed by atoms with Crippen molar-refractivity contribution in [3.8, 4) is 0 Å². The molecule has 2 aliphatic rings. The Kier molecular flexibility index (Phi) is 4.54. The average molecular weight is 310 g/mol. The molecule has 0 aliphatic carbocycles. The maximum atomic E-state index is 12.3. The van der Waals surface area contributed by atoms with E-state index in [0.29, 0.717) is 6.42 Å². The Bertz CT molecular complexity index is 568.